The van der Waals surface area contributed by atoms with Crippen LogP contribution >= 0.6 is 0 Å². The zero-order chi connectivity index (χ0) is 14.8. The molecule has 3 N–H and O–H groups in total. The van der Waals surface area contributed by atoms with E-state index >= 15 is 0 Å². The Morgan fingerprint density at radius 3 is 2.86 bits per heavy atom. The lowest BCUT2D eigenvalue weighted by molar-refractivity contribution is -0.116. The smallest absolute Gasteiger partial charge is 0.244 e. The van der Waals surface area contributed by atoms with Gasteiger partial charge in [-0.2, -0.15) is 0 Å². The van der Waals surface area contributed by atoms with E-state index in [-0.39, 0.29) is 12.5 Å². The maximum absolute atomic E-state index is 12.1. The molecule has 0 bridgehead atoms. The van der Waals surface area contributed by atoms with Crippen molar-refractivity contribution in [2.75, 3.05) is 11.1 Å². The van der Waals surface area contributed by atoms with E-state index in [4.69, 9.17) is 5.73 Å². The normalized spacial score (nSPS) is 10.7. The van der Waals surface area contributed by atoms with Gasteiger partial charge in [-0.05, 0) is 48.9 Å². The molecule has 0 aliphatic carbocycles. The second-order valence-electron chi connectivity index (χ2n) is 5.18. The van der Waals surface area contributed by atoms with Crippen LogP contribution in [0.4, 0.5) is 11.4 Å². The first-order valence-corrected chi connectivity index (χ1v) is 6.83. The van der Waals surface area contributed by atoms with Gasteiger partial charge in [-0.3, -0.25) is 4.79 Å². The van der Waals surface area contributed by atoms with Crippen LogP contribution in [-0.2, 0) is 11.3 Å². The fourth-order valence-corrected chi connectivity index (χ4v) is 2.43. The van der Waals surface area contributed by atoms with E-state index in [1.807, 2.05) is 66.2 Å². The van der Waals surface area contributed by atoms with Crippen LogP contribution in [0.1, 0.15) is 5.56 Å². The van der Waals surface area contributed by atoms with Gasteiger partial charge in [-0.25, -0.2) is 0 Å². The highest BCUT2D eigenvalue weighted by Crippen LogP contribution is 2.19. The second kappa shape index (κ2) is 5.32. The van der Waals surface area contributed by atoms with E-state index in [2.05, 4.69) is 5.32 Å². The number of rotatable bonds is 3. The van der Waals surface area contributed by atoms with Gasteiger partial charge in [0.25, 0.3) is 0 Å². The summed E-state index contributed by atoms with van der Waals surface area (Å²) in [6.07, 6.45) is 1.90. The number of nitrogens with one attached hydrogen (secondary N) is 1. The Hall–Kier alpha value is -2.75. The van der Waals surface area contributed by atoms with Crippen LogP contribution < -0.4 is 11.1 Å². The van der Waals surface area contributed by atoms with Crippen molar-refractivity contribution in [3.8, 4) is 0 Å². The highest BCUT2D eigenvalue weighted by molar-refractivity contribution is 5.92. The third kappa shape index (κ3) is 2.89. The standard InChI is InChI=1S/C17H17N3O/c1-12-3-2-4-15(9-12)19-17(21)11-20-8-7-13-10-14(18)5-6-16(13)20/h2-10H,11,18H2,1H3,(H,19,21). The first-order chi connectivity index (χ1) is 10.1. The summed E-state index contributed by atoms with van der Waals surface area (Å²) in [6.45, 7) is 2.28. The maximum Gasteiger partial charge on any atom is 0.244 e. The van der Waals surface area contributed by atoms with Gasteiger partial charge >= 0.3 is 0 Å². The highest BCUT2D eigenvalue weighted by Gasteiger charge is 2.07. The van der Waals surface area contributed by atoms with Gasteiger partial charge in [0.15, 0.2) is 0 Å². The molecule has 0 unspecified atom stereocenters. The Morgan fingerprint density at radius 1 is 1.19 bits per heavy atom. The lowest BCUT2D eigenvalue weighted by atomic mass is 10.2. The minimum atomic E-state index is -0.0464. The van der Waals surface area contributed by atoms with Crippen LogP contribution in [0.25, 0.3) is 10.9 Å². The van der Waals surface area contributed by atoms with Crippen molar-refractivity contribution in [3.05, 3.63) is 60.3 Å². The number of nitrogen functional groups attached to an aromatic ring is 1. The average molecular weight is 279 g/mol. The van der Waals surface area contributed by atoms with Crippen molar-refractivity contribution >= 4 is 28.2 Å². The molecule has 1 aromatic heterocycles. The van der Waals surface area contributed by atoms with E-state index < -0.39 is 0 Å². The molecule has 106 valence electrons. The molecule has 0 aliphatic heterocycles. The van der Waals surface area contributed by atoms with Crippen molar-refractivity contribution in [3.63, 3.8) is 0 Å². The molecule has 3 aromatic rings. The maximum atomic E-state index is 12.1. The monoisotopic (exact) mass is 279 g/mol. The third-order valence-corrected chi connectivity index (χ3v) is 3.41. The van der Waals surface area contributed by atoms with Crippen LogP contribution in [0.2, 0.25) is 0 Å². The third-order valence-electron chi connectivity index (χ3n) is 3.41. The Morgan fingerprint density at radius 2 is 2.05 bits per heavy atom. The molecule has 2 aromatic carbocycles. The van der Waals surface area contributed by atoms with E-state index in [0.717, 1.165) is 27.8 Å². The number of hydrogen-bond donors (Lipinski definition) is 2. The topological polar surface area (TPSA) is 60.0 Å². The number of aromatic nitrogens is 1. The molecule has 4 heteroatoms. The molecule has 0 spiro atoms. The van der Waals surface area contributed by atoms with Gasteiger partial charge in [0, 0.05) is 28.5 Å². The van der Waals surface area contributed by atoms with E-state index in [0.29, 0.717) is 0 Å². The van der Waals surface area contributed by atoms with Crippen LogP contribution in [0.15, 0.2) is 54.7 Å². The predicted molar refractivity (Wildman–Crippen MR) is 86.2 cm³/mol. The summed E-state index contributed by atoms with van der Waals surface area (Å²) >= 11 is 0. The molecule has 0 atom stereocenters. The summed E-state index contributed by atoms with van der Waals surface area (Å²) in [5.74, 6) is -0.0464. The quantitative estimate of drug-likeness (QED) is 0.723. The molecule has 1 heterocycles. The summed E-state index contributed by atoms with van der Waals surface area (Å²) < 4.78 is 1.92. The number of fused-ring (bicyclic) bond motifs is 1. The van der Waals surface area contributed by atoms with Crippen molar-refractivity contribution < 1.29 is 4.79 Å². The van der Waals surface area contributed by atoms with Crippen molar-refractivity contribution in [1.82, 2.24) is 4.57 Å². The Labute approximate surface area is 123 Å². The molecule has 1 amide bonds. The van der Waals surface area contributed by atoms with Crippen LogP contribution in [0.5, 0.6) is 0 Å². The minimum Gasteiger partial charge on any atom is -0.399 e. The fourth-order valence-electron chi connectivity index (χ4n) is 2.43. The van der Waals surface area contributed by atoms with Crippen molar-refractivity contribution in [2.45, 2.75) is 13.5 Å². The number of anilines is 2. The van der Waals surface area contributed by atoms with Gasteiger partial charge in [0.2, 0.25) is 5.91 Å². The zero-order valence-electron chi connectivity index (χ0n) is 11.8. The van der Waals surface area contributed by atoms with Crippen LogP contribution in [-0.4, -0.2) is 10.5 Å². The molecule has 3 rings (SSSR count). The summed E-state index contributed by atoms with van der Waals surface area (Å²) in [7, 11) is 0. The Balaban J connectivity index is 1.77. The number of amides is 1. The van der Waals surface area contributed by atoms with Crippen LogP contribution in [0, 0.1) is 6.92 Å². The zero-order valence-corrected chi connectivity index (χ0v) is 11.8. The van der Waals surface area contributed by atoms with Crippen molar-refractivity contribution in [1.29, 1.82) is 0 Å². The van der Waals surface area contributed by atoms with Crippen molar-refractivity contribution in [2.24, 2.45) is 0 Å². The molecule has 0 saturated heterocycles. The Kier molecular flexibility index (Phi) is 3.36. The highest BCUT2D eigenvalue weighted by atomic mass is 16.1. The minimum absolute atomic E-state index is 0.0464. The molecular weight excluding hydrogens is 262 g/mol. The SMILES string of the molecule is Cc1cccc(NC(=O)Cn2ccc3cc(N)ccc32)c1. The van der Waals surface area contributed by atoms with E-state index in [9.17, 15) is 4.79 Å². The number of aryl methyl sites for hydroxylation is 1. The molecule has 4 nitrogen and oxygen atoms in total. The predicted octanol–water partition coefficient (Wildman–Crippen LogP) is 3.17. The van der Waals surface area contributed by atoms with Gasteiger partial charge < -0.3 is 15.6 Å². The molecule has 21 heavy (non-hydrogen) atoms. The number of carbonyl (C=O) groups excluding carboxylic acids is 1. The number of carbonyl (C=O) groups is 1. The number of nitrogens with zero attached hydrogens (tertiary/aromatic N) is 1. The lowest BCUT2D eigenvalue weighted by Crippen LogP contribution is -2.18. The van der Waals surface area contributed by atoms with Gasteiger partial charge in [-0.15, -0.1) is 0 Å². The van der Waals surface area contributed by atoms with E-state index in [1.165, 1.54) is 0 Å². The first kappa shape index (κ1) is 13.2. The largest absolute Gasteiger partial charge is 0.399 e. The van der Waals surface area contributed by atoms with Crippen LogP contribution in [0.3, 0.4) is 0 Å². The van der Waals surface area contributed by atoms with Gasteiger partial charge in [-0.1, -0.05) is 12.1 Å². The lowest BCUT2D eigenvalue weighted by Gasteiger charge is -2.08. The molecular formula is C17H17N3O. The molecule has 0 saturated carbocycles. The number of nitrogens with two attached hydrogens (primary N) is 1. The second-order valence-corrected chi connectivity index (χ2v) is 5.18. The van der Waals surface area contributed by atoms with Gasteiger partial charge in [0.1, 0.15) is 6.54 Å². The Bertz CT molecular complexity index is 805. The summed E-state index contributed by atoms with van der Waals surface area (Å²) in [6, 6.07) is 15.4. The molecule has 0 radical (unpaired) electrons. The van der Waals surface area contributed by atoms with Gasteiger partial charge in [0.05, 0.1) is 0 Å². The first-order valence-electron chi connectivity index (χ1n) is 6.83. The van der Waals surface area contributed by atoms with E-state index in [1.54, 1.807) is 0 Å². The average Bonchev–Trinajstić information content (AvgIpc) is 2.81. The summed E-state index contributed by atoms with van der Waals surface area (Å²) in [5.41, 5.74) is 9.43. The number of hydrogen-bond acceptors (Lipinski definition) is 2. The molecule has 0 fully saturated rings. The summed E-state index contributed by atoms with van der Waals surface area (Å²) in [5, 5.41) is 3.95. The fraction of sp³-hybridized carbons (Fsp3) is 0.118. The number of benzene rings is 2. The summed E-state index contributed by atoms with van der Waals surface area (Å²) in [4.78, 5) is 12.1. The molecule has 0 aliphatic rings.